The van der Waals surface area contributed by atoms with E-state index in [9.17, 15) is 4.79 Å². The summed E-state index contributed by atoms with van der Waals surface area (Å²) in [7, 11) is 0. The minimum absolute atomic E-state index is 0.0874. The summed E-state index contributed by atoms with van der Waals surface area (Å²) in [6.07, 6.45) is 1.81. The van der Waals surface area contributed by atoms with E-state index in [1.165, 1.54) is 4.68 Å². The maximum absolute atomic E-state index is 12.3. The predicted octanol–water partition coefficient (Wildman–Crippen LogP) is 2.67. The summed E-state index contributed by atoms with van der Waals surface area (Å²) in [5.74, 6) is -0.0874. The molecule has 2 rings (SSSR count). The molecule has 0 aromatic carbocycles. The zero-order valence-corrected chi connectivity index (χ0v) is 12.4. The Bertz CT molecular complexity index is 580. The number of rotatable bonds is 2. The van der Waals surface area contributed by atoms with Gasteiger partial charge in [0, 0.05) is 11.9 Å². The molecule has 0 aliphatic carbocycles. The lowest BCUT2D eigenvalue weighted by Crippen LogP contribution is -2.25. The Hall–Kier alpha value is -1.43. The molecule has 0 radical (unpaired) electrons. The van der Waals surface area contributed by atoms with Crippen molar-refractivity contribution in [2.45, 2.75) is 33.7 Å². The van der Waals surface area contributed by atoms with Crippen LogP contribution < -0.4 is 0 Å². The lowest BCUT2D eigenvalue weighted by Gasteiger charge is -2.11. The van der Waals surface area contributed by atoms with Crippen molar-refractivity contribution in [3.8, 4) is 0 Å². The number of nitrogens with zero attached hydrogens (tertiary/aromatic N) is 4. The van der Waals surface area contributed by atoms with Gasteiger partial charge in [0.1, 0.15) is 6.04 Å². The van der Waals surface area contributed by atoms with E-state index in [0.717, 1.165) is 21.6 Å². The molecule has 96 valence electrons. The fraction of sp³-hybridized carbons (Fsp3) is 0.417. The zero-order chi connectivity index (χ0) is 13.4. The number of carbonyl (C=O) groups is 1. The van der Waals surface area contributed by atoms with Crippen molar-refractivity contribution in [3.63, 3.8) is 0 Å². The molecule has 18 heavy (non-hydrogen) atoms. The average molecular weight is 311 g/mol. The number of hydrogen-bond acceptors (Lipinski definition) is 3. The first-order chi connectivity index (χ1) is 8.40. The first-order valence-electron chi connectivity index (χ1n) is 5.69. The van der Waals surface area contributed by atoms with Gasteiger partial charge in [0.05, 0.1) is 15.9 Å². The molecule has 0 aliphatic rings. The molecule has 5 nitrogen and oxygen atoms in total. The highest BCUT2D eigenvalue weighted by Crippen LogP contribution is 2.18. The molecule has 0 spiro atoms. The molecule has 0 fully saturated rings. The quantitative estimate of drug-likeness (QED) is 0.857. The van der Waals surface area contributed by atoms with Crippen LogP contribution in [0.2, 0.25) is 0 Å². The fourth-order valence-electron chi connectivity index (χ4n) is 1.80. The number of aryl methyl sites for hydroxylation is 3. The van der Waals surface area contributed by atoms with Gasteiger partial charge in [-0.1, -0.05) is 0 Å². The Morgan fingerprint density at radius 1 is 1.33 bits per heavy atom. The van der Waals surface area contributed by atoms with Gasteiger partial charge in [0.15, 0.2) is 0 Å². The van der Waals surface area contributed by atoms with Gasteiger partial charge >= 0.3 is 0 Å². The van der Waals surface area contributed by atoms with Gasteiger partial charge in [-0.15, -0.1) is 0 Å². The van der Waals surface area contributed by atoms with Crippen molar-refractivity contribution in [3.05, 3.63) is 33.8 Å². The molecule has 6 heteroatoms. The van der Waals surface area contributed by atoms with Crippen LogP contribution in [0.5, 0.6) is 0 Å². The van der Waals surface area contributed by atoms with Crippen LogP contribution in [0.25, 0.3) is 0 Å². The van der Waals surface area contributed by atoms with Gasteiger partial charge in [0.25, 0.3) is 5.91 Å². The molecule has 0 saturated carbocycles. The van der Waals surface area contributed by atoms with Crippen LogP contribution in [-0.2, 0) is 0 Å². The number of carbonyl (C=O) groups excluding carboxylic acids is 1. The Kier molecular flexibility index (Phi) is 3.38. The standard InChI is InChI=1S/C12H15BrN4O/c1-7-5-8(2)17(14-7)12(18)10(4)16-6-11(13)9(3)15-16/h5-6,10H,1-4H3/t10-/m1/s1. The lowest BCUT2D eigenvalue weighted by atomic mass is 10.3. The second kappa shape index (κ2) is 4.68. The van der Waals surface area contributed by atoms with E-state index in [0.29, 0.717) is 0 Å². The SMILES string of the molecule is Cc1cc(C)n(C(=O)[C@@H](C)n2cc(Br)c(C)n2)n1. The lowest BCUT2D eigenvalue weighted by molar-refractivity contribution is 0.0823. The summed E-state index contributed by atoms with van der Waals surface area (Å²) >= 11 is 3.39. The van der Waals surface area contributed by atoms with E-state index in [1.807, 2.05) is 40.0 Å². The molecule has 0 N–H and O–H groups in total. The Morgan fingerprint density at radius 2 is 2.00 bits per heavy atom. The predicted molar refractivity (Wildman–Crippen MR) is 71.7 cm³/mol. The van der Waals surface area contributed by atoms with Gasteiger partial charge in [0.2, 0.25) is 0 Å². The van der Waals surface area contributed by atoms with Gasteiger partial charge in [-0.25, -0.2) is 4.68 Å². The summed E-state index contributed by atoms with van der Waals surface area (Å²) in [4.78, 5) is 12.3. The number of hydrogen-bond donors (Lipinski definition) is 0. The monoisotopic (exact) mass is 310 g/mol. The van der Waals surface area contributed by atoms with Gasteiger partial charge in [-0.3, -0.25) is 9.48 Å². The zero-order valence-electron chi connectivity index (χ0n) is 10.8. The number of halogens is 1. The third-order valence-corrected chi connectivity index (χ3v) is 3.61. The van der Waals surface area contributed by atoms with Crippen molar-refractivity contribution in [2.24, 2.45) is 0 Å². The van der Waals surface area contributed by atoms with E-state index >= 15 is 0 Å². The molecule has 0 aliphatic heterocycles. The molecular formula is C12H15BrN4O. The summed E-state index contributed by atoms with van der Waals surface area (Å²) in [6, 6.07) is 1.50. The molecule has 0 saturated heterocycles. The molecule has 2 heterocycles. The molecule has 2 aromatic rings. The Morgan fingerprint density at radius 3 is 2.44 bits per heavy atom. The minimum Gasteiger partial charge on any atom is -0.270 e. The molecule has 0 amide bonds. The maximum atomic E-state index is 12.3. The van der Waals surface area contributed by atoms with Crippen LogP contribution in [0.1, 0.15) is 34.8 Å². The molecule has 0 bridgehead atoms. The van der Waals surface area contributed by atoms with Crippen LogP contribution in [-0.4, -0.2) is 25.5 Å². The summed E-state index contributed by atoms with van der Waals surface area (Å²) in [5.41, 5.74) is 2.54. The third-order valence-electron chi connectivity index (χ3n) is 2.83. The maximum Gasteiger partial charge on any atom is 0.271 e. The van der Waals surface area contributed by atoms with Crippen molar-refractivity contribution in [2.75, 3.05) is 0 Å². The first-order valence-corrected chi connectivity index (χ1v) is 6.48. The van der Waals surface area contributed by atoms with Crippen LogP contribution in [0.4, 0.5) is 0 Å². The normalized spacial score (nSPS) is 12.7. The summed E-state index contributed by atoms with van der Waals surface area (Å²) in [5, 5.41) is 8.50. The highest BCUT2D eigenvalue weighted by Gasteiger charge is 2.21. The van der Waals surface area contributed by atoms with E-state index in [1.54, 1.807) is 4.68 Å². The van der Waals surface area contributed by atoms with Crippen molar-refractivity contribution >= 4 is 21.8 Å². The third kappa shape index (κ3) is 2.25. The van der Waals surface area contributed by atoms with E-state index in [-0.39, 0.29) is 11.9 Å². The second-order valence-corrected chi connectivity index (χ2v) is 5.25. The second-order valence-electron chi connectivity index (χ2n) is 4.40. The van der Waals surface area contributed by atoms with Crippen LogP contribution in [0, 0.1) is 20.8 Å². The van der Waals surface area contributed by atoms with E-state index < -0.39 is 0 Å². The summed E-state index contributed by atoms with van der Waals surface area (Å²) in [6.45, 7) is 7.45. The number of aromatic nitrogens is 4. The van der Waals surface area contributed by atoms with E-state index in [4.69, 9.17) is 0 Å². The minimum atomic E-state index is -0.381. The van der Waals surface area contributed by atoms with Crippen LogP contribution in [0.15, 0.2) is 16.7 Å². The highest BCUT2D eigenvalue weighted by atomic mass is 79.9. The van der Waals surface area contributed by atoms with Gasteiger partial charge in [-0.2, -0.15) is 10.2 Å². The Labute approximate surface area is 114 Å². The summed E-state index contributed by atoms with van der Waals surface area (Å²) < 4.78 is 3.99. The molecule has 2 aromatic heterocycles. The highest BCUT2D eigenvalue weighted by molar-refractivity contribution is 9.10. The van der Waals surface area contributed by atoms with Crippen LogP contribution >= 0.6 is 15.9 Å². The molecule has 1 atom stereocenters. The van der Waals surface area contributed by atoms with Crippen molar-refractivity contribution in [1.29, 1.82) is 0 Å². The Balaban J connectivity index is 2.31. The molecular weight excluding hydrogens is 296 g/mol. The van der Waals surface area contributed by atoms with Crippen LogP contribution in [0.3, 0.4) is 0 Å². The average Bonchev–Trinajstić information content (AvgIpc) is 2.81. The van der Waals surface area contributed by atoms with E-state index in [2.05, 4.69) is 26.1 Å². The molecule has 0 unspecified atom stereocenters. The largest absolute Gasteiger partial charge is 0.271 e. The topological polar surface area (TPSA) is 52.7 Å². The first kappa shape index (κ1) is 13.0. The van der Waals surface area contributed by atoms with Crippen molar-refractivity contribution < 1.29 is 4.79 Å². The van der Waals surface area contributed by atoms with Gasteiger partial charge < -0.3 is 0 Å². The smallest absolute Gasteiger partial charge is 0.270 e. The van der Waals surface area contributed by atoms with Gasteiger partial charge in [-0.05, 0) is 49.7 Å². The fourth-order valence-corrected chi connectivity index (χ4v) is 2.09. The van der Waals surface area contributed by atoms with Crippen molar-refractivity contribution in [1.82, 2.24) is 19.6 Å².